The number of rotatable bonds is 5. The van der Waals surface area contributed by atoms with Gasteiger partial charge in [-0.15, -0.1) is 0 Å². The first-order valence-electron chi connectivity index (χ1n) is 8.33. The summed E-state index contributed by atoms with van der Waals surface area (Å²) in [5, 5.41) is -1.10. The van der Waals surface area contributed by atoms with E-state index in [1.54, 1.807) is 0 Å². The Hall–Kier alpha value is -1.64. The molecule has 2 aliphatic rings. The van der Waals surface area contributed by atoms with Gasteiger partial charge >= 0.3 is 12.5 Å². The van der Waals surface area contributed by atoms with Gasteiger partial charge in [-0.05, 0) is 37.8 Å². The van der Waals surface area contributed by atoms with Gasteiger partial charge in [0.25, 0.3) is 0 Å². The Morgan fingerprint density at radius 2 is 1.77 bits per heavy atom. The standard InChI is InChI=1S/C17H18F4O4S/c18-16(19)17(20,21)25-12-4-1-3-10(7-12)15(22)11-8-13-5-2-6-14(9-11)26(13,23)24/h1,3-4,7,11,13-14,16H,2,5-6,8-9H2. The van der Waals surface area contributed by atoms with Crippen LogP contribution >= 0.6 is 0 Å². The molecule has 1 aromatic rings. The number of benzene rings is 1. The SMILES string of the molecule is O=C(c1cccc(OC(F)(F)C(F)F)c1)C1CC2CCCC(C1)S2(=O)=O. The van der Waals surface area contributed by atoms with Crippen molar-refractivity contribution in [1.82, 2.24) is 0 Å². The highest BCUT2D eigenvalue weighted by molar-refractivity contribution is 7.92. The Labute approximate surface area is 148 Å². The first kappa shape index (κ1) is 19.1. The number of ether oxygens (including phenoxy) is 1. The summed E-state index contributed by atoms with van der Waals surface area (Å²) in [5.41, 5.74) is 0.0509. The molecule has 0 aliphatic carbocycles. The first-order chi connectivity index (χ1) is 12.1. The maximum absolute atomic E-state index is 13.0. The lowest BCUT2D eigenvalue weighted by Crippen LogP contribution is -2.45. The molecule has 1 aromatic carbocycles. The summed E-state index contributed by atoms with van der Waals surface area (Å²) in [6, 6.07) is 4.71. The van der Waals surface area contributed by atoms with E-state index in [9.17, 15) is 30.8 Å². The molecule has 4 nitrogen and oxygen atoms in total. The molecular weight excluding hydrogens is 376 g/mol. The van der Waals surface area contributed by atoms with E-state index in [-0.39, 0.29) is 24.2 Å². The number of sulfone groups is 1. The van der Waals surface area contributed by atoms with Crippen molar-refractivity contribution in [2.75, 3.05) is 0 Å². The third kappa shape index (κ3) is 3.58. The second kappa shape index (κ2) is 6.83. The highest BCUT2D eigenvalue weighted by Crippen LogP contribution is 2.40. The molecule has 2 heterocycles. The number of Topliss-reactive ketones (excluding diaryl/α,β-unsaturated/α-hetero) is 1. The third-order valence-electron chi connectivity index (χ3n) is 5.07. The fraction of sp³-hybridized carbons (Fsp3) is 0.588. The molecule has 144 valence electrons. The third-order valence-corrected chi connectivity index (χ3v) is 7.79. The van der Waals surface area contributed by atoms with E-state index < -0.39 is 44.5 Å². The van der Waals surface area contributed by atoms with Crippen LogP contribution in [0.25, 0.3) is 0 Å². The van der Waals surface area contributed by atoms with Crippen molar-refractivity contribution in [3.05, 3.63) is 29.8 Å². The maximum Gasteiger partial charge on any atom is 0.461 e. The van der Waals surface area contributed by atoms with Crippen LogP contribution in [0.1, 0.15) is 42.5 Å². The highest BCUT2D eigenvalue weighted by Gasteiger charge is 2.46. The predicted octanol–water partition coefficient (Wildman–Crippen LogP) is 3.85. The zero-order chi connectivity index (χ0) is 19.1. The van der Waals surface area contributed by atoms with E-state index in [0.717, 1.165) is 18.6 Å². The van der Waals surface area contributed by atoms with Crippen LogP contribution in [0.5, 0.6) is 5.75 Å². The van der Waals surface area contributed by atoms with Gasteiger partial charge < -0.3 is 4.74 Å². The van der Waals surface area contributed by atoms with E-state index in [1.807, 2.05) is 0 Å². The zero-order valence-corrected chi connectivity index (χ0v) is 14.5. The van der Waals surface area contributed by atoms with Crippen LogP contribution in [0.2, 0.25) is 0 Å². The minimum absolute atomic E-state index is 0.0509. The predicted molar refractivity (Wildman–Crippen MR) is 85.4 cm³/mol. The van der Waals surface area contributed by atoms with E-state index in [0.29, 0.717) is 12.8 Å². The lowest BCUT2D eigenvalue weighted by Gasteiger charge is -2.38. The minimum Gasteiger partial charge on any atom is -0.428 e. The maximum atomic E-state index is 13.0. The van der Waals surface area contributed by atoms with Crippen LogP contribution in [0.4, 0.5) is 17.6 Å². The summed E-state index contributed by atoms with van der Waals surface area (Å²) in [6.07, 6.45) is -6.39. The number of halogens is 4. The molecule has 9 heteroatoms. The monoisotopic (exact) mass is 394 g/mol. The molecule has 0 aromatic heterocycles. The van der Waals surface area contributed by atoms with E-state index in [1.165, 1.54) is 12.1 Å². The van der Waals surface area contributed by atoms with Crippen molar-refractivity contribution >= 4 is 15.6 Å². The summed E-state index contributed by atoms with van der Waals surface area (Å²) < 4.78 is 79.2. The number of carbonyl (C=O) groups excluding carboxylic acids is 1. The van der Waals surface area contributed by atoms with Crippen LogP contribution in [-0.2, 0) is 9.84 Å². The van der Waals surface area contributed by atoms with Crippen molar-refractivity contribution in [2.24, 2.45) is 5.92 Å². The van der Waals surface area contributed by atoms with Crippen molar-refractivity contribution < 1.29 is 35.5 Å². The van der Waals surface area contributed by atoms with Crippen molar-refractivity contribution in [1.29, 1.82) is 0 Å². The second-order valence-corrected chi connectivity index (χ2v) is 9.30. The summed E-state index contributed by atoms with van der Waals surface area (Å²) in [4.78, 5) is 12.7. The van der Waals surface area contributed by atoms with E-state index in [2.05, 4.69) is 4.74 Å². The lowest BCUT2D eigenvalue weighted by atomic mass is 9.84. The van der Waals surface area contributed by atoms with Crippen molar-refractivity contribution in [3.63, 3.8) is 0 Å². The van der Waals surface area contributed by atoms with E-state index >= 15 is 0 Å². The quantitative estimate of drug-likeness (QED) is 0.562. The van der Waals surface area contributed by atoms with Crippen molar-refractivity contribution in [3.8, 4) is 5.75 Å². The molecule has 2 aliphatic heterocycles. The van der Waals surface area contributed by atoms with Gasteiger partial charge in [0, 0.05) is 11.5 Å². The van der Waals surface area contributed by atoms with Crippen LogP contribution in [-0.4, -0.2) is 37.2 Å². The average molecular weight is 394 g/mol. The van der Waals surface area contributed by atoms with Gasteiger partial charge in [-0.1, -0.05) is 18.6 Å². The molecule has 0 spiro atoms. The normalized spacial score (nSPS) is 28.0. The number of carbonyl (C=O) groups is 1. The fourth-order valence-corrected chi connectivity index (χ4v) is 6.31. The summed E-state index contributed by atoms with van der Waals surface area (Å²) in [7, 11) is -3.22. The average Bonchev–Trinajstić information content (AvgIpc) is 2.53. The smallest absolute Gasteiger partial charge is 0.428 e. The number of ketones is 1. The topological polar surface area (TPSA) is 60.4 Å². The number of alkyl halides is 4. The summed E-state index contributed by atoms with van der Waals surface area (Å²) >= 11 is 0. The summed E-state index contributed by atoms with van der Waals surface area (Å²) in [6.45, 7) is 0. The largest absolute Gasteiger partial charge is 0.461 e. The van der Waals surface area contributed by atoms with Crippen LogP contribution < -0.4 is 4.74 Å². The molecule has 2 saturated heterocycles. The lowest BCUT2D eigenvalue weighted by molar-refractivity contribution is -0.253. The number of hydrogen-bond donors (Lipinski definition) is 0. The molecule has 0 saturated carbocycles. The van der Waals surface area contributed by atoms with Gasteiger partial charge in [0.15, 0.2) is 15.6 Å². The molecule has 3 rings (SSSR count). The molecule has 2 bridgehead atoms. The van der Waals surface area contributed by atoms with Gasteiger partial charge in [0.05, 0.1) is 10.5 Å². The van der Waals surface area contributed by atoms with Gasteiger partial charge in [-0.2, -0.15) is 17.6 Å². The first-order valence-corrected chi connectivity index (χ1v) is 9.94. The molecule has 2 fully saturated rings. The van der Waals surface area contributed by atoms with Crippen LogP contribution in [0.3, 0.4) is 0 Å². The van der Waals surface area contributed by atoms with E-state index in [4.69, 9.17) is 0 Å². The molecule has 0 radical (unpaired) electrons. The Morgan fingerprint density at radius 1 is 1.15 bits per heavy atom. The Kier molecular flexibility index (Phi) is 5.02. The molecule has 2 atom stereocenters. The van der Waals surface area contributed by atoms with Crippen LogP contribution in [0.15, 0.2) is 24.3 Å². The Bertz CT molecular complexity index is 774. The fourth-order valence-electron chi connectivity index (χ4n) is 3.77. The molecule has 26 heavy (non-hydrogen) atoms. The van der Waals surface area contributed by atoms with Crippen LogP contribution in [0, 0.1) is 5.92 Å². The number of hydrogen-bond acceptors (Lipinski definition) is 4. The molecule has 0 amide bonds. The highest BCUT2D eigenvalue weighted by atomic mass is 32.2. The van der Waals surface area contributed by atoms with Gasteiger partial charge in [0.1, 0.15) is 5.75 Å². The number of fused-ring (bicyclic) bond motifs is 2. The second-order valence-electron chi connectivity index (χ2n) is 6.79. The molecule has 0 N–H and O–H groups in total. The molecular formula is C17H18F4O4S. The van der Waals surface area contributed by atoms with Crippen molar-refractivity contribution in [2.45, 2.75) is 55.1 Å². The van der Waals surface area contributed by atoms with Gasteiger partial charge in [0.2, 0.25) is 0 Å². The summed E-state index contributed by atoms with van der Waals surface area (Å²) in [5.74, 6) is -1.44. The van der Waals surface area contributed by atoms with Gasteiger partial charge in [-0.25, -0.2) is 8.42 Å². The Morgan fingerprint density at radius 3 is 2.35 bits per heavy atom. The minimum atomic E-state index is -4.66. The Balaban J connectivity index is 1.78. The zero-order valence-electron chi connectivity index (χ0n) is 13.7. The molecule has 2 unspecified atom stereocenters. The van der Waals surface area contributed by atoms with Gasteiger partial charge in [-0.3, -0.25) is 4.79 Å².